The van der Waals surface area contributed by atoms with Gasteiger partial charge in [-0.25, -0.2) is 9.59 Å². The molecule has 21 nitrogen and oxygen atoms in total. The summed E-state index contributed by atoms with van der Waals surface area (Å²) in [6.07, 6.45) is 19.3. The highest BCUT2D eigenvalue weighted by atomic mass is 19.1. The Labute approximate surface area is 647 Å². The largest absolute Gasteiger partial charge is 0.489 e. The van der Waals surface area contributed by atoms with Gasteiger partial charge in [-0.1, -0.05) is 70.2 Å². The summed E-state index contributed by atoms with van der Waals surface area (Å²) in [6.45, 7) is 16.4. The second kappa shape index (κ2) is 40.4. The number of amides is 3. The highest BCUT2D eigenvalue weighted by Crippen LogP contribution is 2.47. The number of morpholine rings is 2. The summed E-state index contributed by atoms with van der Waals surface area (Å²) in [5.74, 6) is 0.419. The molecule has 586 valence electrons. The SMILES string of the molecule is C.C=CCCN.C=CCCNC(=O)Cn1c(-c2ccc(OCc3cc(N4CCCC4=O)ccc3N3CCOCC3)cc2)c(C2CCCCC2)c2ccc(C(=O)OC)cc21.COC(=O)c1ccc2c(C3CCCCC3)c(-c3ccc(OCc4cc(N5CCCC5=O)ccc4N4CCOCC4)cc3)n(CC(=O)O)c2c1.[2H]CF. The number of alkyl halides is 1. The van der Waals surface area contributed by atoms with Gasteiger partial charge in [0, 0.05) is 103 Å². The van der Waals surface area contributed by atoms with Crippen molar-refractivity contribution in [2.75, 3.05) is 120 Å². The van der Waals surface area contributed by atoms with Crippen molar-refractivity contribution in [3.05, 3.63) is 180 Å². The maximum atomic E-state index is 13.4. The first-order chi connectivity index (χ1) is 53.7. The number of benzene rings is 6. The standard InChI is InChI=1S/C43H50N4O6.C39H43N3O7.C4H9N.CH3F.CH4/c1-3-4-20-44-39(48)28-47-38-27-32(43(50)51-2)14-18-36(38)41(30-9-6-5-7-10-30)42(47)31-12-16-35(17-13-31)53-29-33-26-34(46-21-8-11-40(46)49)15-19-37(33)45-22-24-52-25-23-45;1-47-39(46)28-11-15-32-34(23-28)42(24-36(44)45)38(37(32)26-6-3-2-4-7-26)27-9-13-31(14-10-27)49-25-29-22-30(41-17-5-8-35(41)43)12-16-33(29)40-18-20-48-21-19-40;1-2-3-4-5;1-2;/h3,12-19,26-27,30H,1,4-11,20-25,28-29H2,2H3,(H,44,48);9-16,22-23,26H,2-8,17-21,24-25H2,1H3,(H,44,45);2H,1,3-5H2;1H3;1H4/i;;;1D;. The van der Waals surface area contributed by atoms with Crippen LogP contribution >= 0.6 is 0 Å². The number of ether oxygens (including phenoxy) is 6. The van der Waals surface area contributed by atoms with Crippen molar-refractivity contribution in [2.24, 2.45) is 5.73 Å². The molecule has 8 aromatic rings. The van der Waals surface area contributed by atoms with E-state index in [9.17, 15) is 38.3 Å². The molecule has 4 saturated heterocycles. The number of rotatable bonds is 25. The number of carboxylic acid groups (broad SMARTS) is 1. The lowest BCUT2D eigenvalue weighted by molar-refractivity contribution is -0.137. The molecule has 0 radical (unpaired) electrons. The number of nitrogens with zero attached hydrogens (tertiary/aromatic N) is 6. The number of nitrogens with one attached hydrogen (secondary N) is 1. The molecule has 4 N–H and O–H groups in total. The number of nitrogens with two attached hydrogens (primary N) is 1. The smallest absolute Gasteiger partial charge is 0.337 e. The lowest BCUT2D eigenvalue weighted by Gasteiger charge is -2.31. The molecule has 14 rings (SSSR count). The van der Waals surface area contributed by atoms with Crippen LogP contribution in [0.2, 0.25) is 0 Å². The molecule has 22 heteroatoms. The fourth-order valence-electron chi connectivity index (χ4n) is 16.1. The van der Waals surface area contributed by atoms with Crippen molar-refractivity contribution in [3.63, 3.8) is 0 Å². The van der Waals surface area contributed by atoms with Gasteiger partial charge in [0.2, 0.25) is 17.7 Å². The molecular weight excluding hydrogens is 1400 g/mol. The molecule has 3 amide bonds. The molecule has 2 saturated carbocycles. The molecule has 2 aromatic heterocycles. The van der Waals surface area contributed by atoms with Crippen LogP contribution in [0.4, 0.5) is 27.1 Å². The van der Waals surface area contributed by atoms with Crippen molar-refractivity contribution in [2.45, 2.75) is 148 Å². The Morgan fingerprint density at radius 3 is 1.35 bits per heavy atom. The van der Waals surface area contributed by atoms with E-state index in [0.29, 0.717) is 93.8 Å². The predicted octanol–water partition coefficient (Wildman–Crippen LogP) is 15.9. The maximum absolute atomic E-state index is 13.4. The molecule has 0 spiro atoms. The van der Waals surface area contributed by atoms with Crippen molar-refractivity contribution in [3.8, 4) is 34.0 Å². The van der Waals surface area contributed by atoms with Crippen LogP contribution in [0, 0.1) is 0 Å². The van der Waals surface area contributed by atoms with Gasteiger partial charge in [-0.15, -0.1) is 13.2 Å². The number of carboxylic acids is 1. The van der Waals surface area contributed by atoms with Gasteiger partial charge < -0.3 is 73.3 Å². The fourth-order valence-corrected chi connectivity index (χ4v) is 16.1. The van der Waals surface area contributed by atoms with E-state index in [1.807, 2.05) is 87.2 Å². The monoisotopic (exact) mass is 1510 g/mol. The zero-order chi connectivity index (χ0) is 77.5. The fraction of sp³-hybridized carbons (Fsp3) is 0.432. The minimum atomic E-state index is -1.00. The van der Waals surface area contributed by atoms with Gasteiger partial charge in [0.15, 0.2) is 0 Å². The Morgan fingerprint density at radius 1 is 0.573 bits per heavy atom. The number of aliphatic carboxylic acids is 1. The number of carbonyl (C=O) groups is 6. The van der Waals surface area contributed by atoms with Crippen LogP contribution in [-0.2, 0) is 64.4 Å². The highest BCUT2D eigenvalue weighted by Gasteiger charge is 2.32. The summed E-state index contributed by atoms with van der Waals surface area (Å²) < 4.78 is 53.6. The number of esters is 2. The van der Waals surface area contributed by atoms with Crippen molar-refractivity contribution in [1.82, 2.24) is 14.5 Å². The van der Waals surface area contributed by atoms with Gasteiger partial charge in [-0.2, -0.15) is 0 Å². The van der Waals surface area contributed by atoms with E-state index in [1.54, 1.807) is 24.3 Å². The number of fused-ring (bicyclic) bond motifs is 2. The molecule has 0 unspecified atom stereocenters. The number of aromatic nitrogens is 2. The molecule has 0 bridgehead atoms. The second-order valence-electron chi connectivity index (χ2n) is 28.2. The third-order valence-corrected chi connectivity index (χ3v) is 21.4. The summed E-state index contributed by atoms with van der Waals surface area (Å²) in [6, 6.07) is 39.6. The van der Waals surface area contributed by atoms with Gasteiger partial charge >= 0.3 is 17.9 Å². The molecule has 4 aliphatic heterocycles. The summed E-state index contributed by atoms with van der Waals surface area (Å²) in [5, 5.41) is 15.1. The molecule has 2 aliphatic carbocycles. The topological polar surface area (TPSA) is 239 Å². The quantitative estimate of drug-likeness (QED) is 0.0274. The van der Waals surface area contributed by atoms with Gasteiger partial charge in [0.05, 0.1) is 82.7 Å². The number of carbonyl (C=O) groups excluding carboxylic acids is 5. The van der Waals surface area contributed by atoms with E-state index >= 15 is 0 Å². The number of anilines is 4. The molecule has 6 fully saturated rings. The van der Waals surface area contributed by atoms with Crippen LogP contribution in [0.15, 0.2) is 147 Å². The number of halogens is 1. The van der Waals surface area contributed by atoms with Crippen LogP contribution in [0.5, 0.6) is 11.5 Å². The zero-order valence-corrected chi connectivity index (χ0v) is 63.1. The Morgan fingerprint density at radius 2 is 0.991 bits per heavy atom. The van der Waals surface area contributed by atoms with Gasteiger partial charge in [-0.05, 0) is 201 Å². The van der Waals surface area contributed by atoms with Crippen LogP contribution < -0.4 is 40.1 Å². The number of hydrogen-bond donors (Lipinski definition) is 3. The van der Waals surface area contributed by atoms with Gasteiger partial charge in [-0.3, -0.25) is 23.6 Å². The van der Waals surface area contributed by atoms with Crippen LogP contribution in [-0.4, -0.2) is 150 Å². The average molecular weight is 1510 g/mol. The second-order valence-corrected chi connectivity index (χ2v) is 28.2. The number of methoxy groups -OCH3 is 2. The van der Waals surface area contributed by atoms with Gasteiger partial charge in [0.25, 0.3) is 0 Å². The first-order valence-electron chi connectivity index (χ1n) is 39.1. The van der Waals surface area contributed by atoms with Crippen molar-refractivity contribution < 1.29 is 68.1 Å². The normalized spacial score (nSPS) is 16.1. The highest BCUT2D eigenvalue weighted by molar-refractivity contribution is 6.02. The summed E-state index contributed by atoms with van der Waals surface area (Å²) in [5.41, 5.74) is 19.6. The molecule has 6 heterocycles. The van der Waals surface area contributed by atoms with E-state index < -0.39 is 25.1 Å². The van der Waals surface area contributed by atoms with Gasteiger partial charge in [0.1, 0.15) is 37.8 Å². The van der Waals surface area contributed by atoms with E-state index in [2.05, 4.69) is 69.2 Å². The summed E-state index contributed by atoms with van der Waals surface area (Å²) in [4.78, 5) is 84.3. The lowest BCUT2D eigenvalue weighted by atomic mass is 9.81. The van der Waals surface area contributed by atoms with E-state index in [4.69, 9.17) is 35.5 Å². The third kappa shape index (κ3) is 19.8. The Hall–Kier alpha value is -10.3. The van der Waals surface area contributed by atoms with E-state index in [0.717, 1.165) is 200 Å². The summed E-state index contributed by atoms with van der Waals surface area (Å²) in [7, 11) is 1.73. The van der Waals surface area contributed by atoms with Crippen molar-refractivity contribution in [1.29, 1.82) is 0 Å². The molecule has 6 aromatic carbocycles. The minimum Gasteiger partial charge on any atom is -0.489 e. The molecule has 110 heavy (non-hydrogen) atoms. The van der Waals surface area contributed by atoms with E-state index in [1.165, 1.54) is 32.6 Å². The predicted molar refractivity (Wildman–Crippen MR) is 433 cm³/mol. The third-order valence-electron chi connectivity index (χ3n) is 21.4. The lowest BCUT2D eigenvalue weighted by Crippen LogP contribution is -2.37. The maximum Gasteiger partial charge on any atom is 0.337 e. The van der Waals surface area contributed by atoms with Crippen LogP contribution in [0.25, 0.3) is 44.3 Å². The first-order valence-corrected chi connectivity index (χ1v) is 38.4. The van der Waals surface area contributed by atoms with Crippen LogP contribution in [0.1, 0.15) is 166 Å². The van der Waals surface area contributed by atoms with E-state index in [-0.39, 0.29) is 44.2 Å². The molecule has 0 atom stereocenters. The Kier molecular flexibility index (Phi) is 29.7. The number of hydrogen-bond acceptors (Lipinski definition) is 15. The van der Waals surface area contributed by atoms with Crippen molar-refractivity contribution >= 4 is 80.2 Å². The first kappa shape index (κ1) is 80.7. The minimum absolute atomic E-state index is 0. The molecule has 6 aliphatic rings. The average Bonchev–Trinajstić information content (AvgIpc) is 1.56. The Balaban J connectivity index is 0.000000214. The zero-order valence-electron chi connectivity index (χ0n) is 64.1. The Bertz CT molecular complexity index is 4500. The van der Waals surface area contributed by atoms with Crippen LogP contribution in [0.3, 0.4) is 0 Å². The summed E-state index contributed by atoms with van der Waals surface area (Å²) >= 11 is 0. The molecular formula is C88H109FN8O13.